The third kappa shape index (κ3) is 2.07. The molecule has 3 aromatic heterocycles. The summed E-state index contributed by atoms with van der Waals surface area (Å²) in [5.41, 5.74) is 0.828. The molecule has 17 heavy (non-hydrogen) atoms. The van der Waals surface area contributed by atoms with Gasteiger partial charge >= 0.3 is 0 Å². The summed E-state index contributed by atoms with van der Waals surface area (Å²) < 4.78 is 1.73. The zero-order chi connectivity index (χ0) is 11.5. The van der Waals surface area contributed by atoms with Crippen LogP contribution in [0.1, 0.15) is 5.82 Å². The van der Waals surface area contributed by atoms with Crippen LogP contribution < -0.4 is 5.32 Å². The average molecular weight is 229 g/mol. The smallest absolute Gasteiger partial charge is 0.243 e. The van der Waals surface area contributed by atoms with Crippen LogP contribution >= 0.6 is 0 Å². The van der Waals surface area contributed by atoms with Crippen molar-refractivity contribution in [1.29, 1.82) is 0 Å². The molecule has 2 N–H and O–H groups in total. The van der Waals surface area contributed by atoms with Gasteiger partial charge in [0.25, 0.3) is 0 Å². The standard InChI is InChI=1S/C10H11N7/c1-2-6-17-9(3-1)14-10(16-17)11-5-4-8-12-7-13-15-8/h1-3,6-7H,4-5H2,(H,11,16)(H,12,13,15). The molecule has 7 nitrogen and oxygen atoms in total. The molecule has 0 aliphatic heterocycles. The first-order valence-corrected chi connectivity index (χ1v) is 5.31. The van der Waals surface area contributed by atoms with E-state index in [1.165, 1.54) is 6.33 Å². The molecular weight excluding hydrogens is 218 g/mol. The highest BCUT2D eigenvalue weighted by Crippen LogP contribution is 2.04. The van der Waals surface area contributed by atoms with Crippen LogP contribution in [0.25, 0.3) is 5.65 Å². The van der Waals surface area contributed by atoms with E-state index in [1.807, 2.05) is 24.4 Å². The lowest BCUT2D eigenvalue weighted by Gasteiger charge is -1.97. The maximum absolute atomic E-state index is 4.33. The molecule has 3 aromatic rings. The highest BCUT2D eigenvalue weighted by molar-refractivity contribution is 5.42. The van der Waals surface area contributed by atoms with Crippen molar-refractivity contribution in [3.05, 3.63) is 36.5 Å². The second kappa shape index (κ2) is 4.20. The summed E-state index contributed by atoms with van der Waals surface area (Å²) in [5.74, 6) is 1.47. The molecule has 0 aliphatic carbocycles. The molecule has 0 fully saturated rings. The Morgan fingerprint density at radius 1 is 1.35 bits per heavy atom. The third-order valence-electron chi connectivity index (χ3n) is 2.35. The lowest BCUT2D eigenvalue weighted by atomic mass is 10.4. The number of anilines is 1. The number of nitrogens with one attached hydrogen (secondary N) is 2. The van der Waals surface area contributed by atoms with Gasteiger partial charge in [-0.15, -0.1) is 5.10 Å². The number of aromatic nitrogens is 6. The predicted molar refractivity (Wildman–Crippen MR) is 61.6 cm³/mol. The number of hydrogen-bond donors (Lipinski definition) is 2. The molecule has 3 rings (SSSR count). The van der Waals surface area contributed by atoms with Crippen LogP contribution in [0.3, 0.4) is 0 Å². The maximum Gasteiger partial charge on any atom is 0.243 e. The van der Waals surface area contributed by atoms with Crippen molar-refractivity contribution in [1.82, 2.24) is 29.8 Å². The summed E-state index contributed by atoms with van der Waals surface area (Å²) in [7, 11) is 0. The van der Waals surface area contributed by atoms with Gasteiger partial charge in [0, 0.05) is 19.2 Å². The number of rotatable bonds is 4. The molecular formula is C10H11N7. The zero-order valence-electron chi connectivity index (χ0n) is 9.04. The van der Waals surface area contributed by atoms with Gasteiger partial charge in [0.2, 0.25) is 5.95 Å². The van der Waals surface area contributed by atoms with Crippen molar-refractivity contribution in [3.63, 3.8) is 0 Å². The van der Waals surface area contributed by atoms with Crippen LogP contribution in [0.2, 0.25) is 0 Å². The molecule has 0 amide bonds. The first-order chi connectivity index (χ1) is 8.42. The normalized spacial score (nSPS) is 10.8. The molecule has 0 saturated carbocycles. The minimum Gasteiger partial charge on any atom is -0.352 e. The molecule has 0 spiro atoms. The largest absolute Gasteiger partial charge is 0.352 e. The molecule has 0 radical (unpaired) electrons. The van der Waals surface area contributed by atoms with Crippen LogP contribution in [-0.2, 0) is 6.42 Å². The third-order valence-corrected chi connectivity index (χ3v) is 2.35. The topological polar surface area (TPSA) is 83.8 Å². The van der Waals surface area contributed by atoms with Crippen molar-refractivity contribution in [2.75, 3.05) is 11.9 Å². The van der Waals surface area contributed by atoms with E-state index in [4.69, 9.17) is 0 Å². The number of fused-ring (bicyclic) bond motifs is 1. The number of hydrogen-bond acceptors (Lipinski definition) is 5. The second-order valence-electron chi connectivity index (χ2n) is 3.55. The number of aromatic amines is 1. The highest BCUT2D eigenvalue weighted by atomic mass is 15.3. The van der Waals surface area contributed by atoms with Gasteiger partial charge in [-0.3, -0.25) is 5.10 Å². The Bertz CT molecular complexity index is 565. The fourth-order valence-corrected chi connectivity index (χ4v) is 1.55. The number of H-pyrrole nitrogens is 1. The molecule has 3 heterocycles. The van der Waals surface area contributed by atoms with E-state index in [0.717, 1.165) is 17.9 Å². The Balaban J connectivity index is 1.65. The lowest BCUT2D eigenvalue weighted by Crippen LogP contribution is -2.07. The Morgan fingerprint density at radius 2 is 2.35 bits per heavy atom. The molecule has 0 aliphatic rings. The van der Waals surface area contributed by atoms with E-state index in [0.29, 0.717) is 12.5 Å². The fourth-order valence-electron chi connectivity index (χ4n) is 1.55. The molecule has 0 atom stereocenters. The Morgan fingerprint density at radius 3 is 3.18 bits per heavy atom. The van der Waals surface area contributed by atoms with Gasteiger partial charge in [0.15, 0.2) is 5.65 Å². The summed E-state index contributed by atoms with van der Waals surface area (Å²) in [4.78, 5) is 8.36. The Kier molecular flexibility index (Phi) is 2.41. The van der Waals surface area contributed by atoms with Gasteiger partial charge < -0.3 is 5.32 Å². The quantitative estimate of drug-likeness (QED) is 0.680. The van der Waals surface area contributed by atoms with Crippen molar-refractivity contribution >= 4 is 11.6 Å². The van der Waals surface area contributed by atoms with Crippen LogP contribution in [0.15, 0.2) is 30.7 Å². The minimum absolute atomic E-state index is 0.621. The van der Waals surface area contributed by atoms with Crippen LogP contribution in [-0.4, -0.2) is 36.3 Å². The maximum atomic E-state index is 4.33. The highest BCUT2D eigenvalue weighted by Gasteiger charge is 2.02. The van der Waals surface area contributed by atoms with Crippen LogP contribution in [0.5, 0.6) is 0 Å². The Labute approximate surface area is 96.9 Å². The molecule has 7 heteroatoms. The van der Waals surface area contributed by atoms with E-state index < -0.39 is 0 Å². The first-order valence-electron chi connectivity index (χ1n) is 5.31. The monoisotopic (exact) mass is 229 g/mol. The predicted octanol–water partition coefficient (Wildman–Crippen LogP) is 0.502. The van der Waals surface area contributed by atoms with E-state index in [9.17, 15) is 0 Å². The van der Waals surface area contributed by atoms with Crippen molar-refractivity contribution in [3.8, 4) is 0 Å². The number of pyridine rings is 1. The van der Waals surface area contributed by atoms with Gasteiger partial charge in [0.05, 0.1) is 0 Å². The zero-order valence-corrected chi connectivity index (χ0v) is 9.04. The van der Waals surface area contributed by atoms with E-state index >= 15 is 0 Å². The van der Waals surface area contributed by atoms with Gasteiger partial charge in [-0.1, -0.05) is 6.07 Å². The average Bonchev–Trinajstić information content (AvgIpc) is 2.96. The molecule has 0 aromatic carbocycles. The SMILES string of the molecule is c1ccn2nc(NCCc3ncn[nH]3)nc2c1. The van der Waals surface area contributed by atoms with Gasteiger partial charge in [-0.05, 0) is 12.1 Å². The van der Waals surface area contributed by atoms with E-state index in [2.05, 4.69) is 30.6 Å². The summed E-state index contributed by atoms with van der Waals surface area (Å²) in [6.07, 6.45) is 4.12. The summed E-state index contributed by atoms with van der Waals surface area (Å²) in [5, 5.41) is 14.0. The second-order valence-corrected chi connectivity index (χ2v) is 3.55. The van der Waals surface area contributed by atoms with E-state index in [-0.39, 0.29) is 0 Å². The number of nitrogens with zero attached hydrogens (tertiary/aromatic N) is 5. The molecule has 86 valence electrons. The van der Waals surface area contributed by atoms with Crippen molar-refractivity contribution in [2.24, 2.45) is 0 Å². The van der Waals surface area contributed by atoms with Gasteiger partial charge in [0.1, 0.15) is 12.2 Å². The van der Waals surface area contributed by atoms with Crippen molar-refractivity contribution < 1.29 is 0 Å². The molecule has 0 unspecified atom stereocenters. The van der Waals surface area contributed by atoms with Gasteiger partial charge in [-0.2, -0.15) is 10.1 Å². The molecule has 0 saturated heterocycles. The minimum atomic E-state index is 0.621. The fraction of sp³-hybridized carbons (Fsp3) is 0.200. The van der Waals surface area contributed by atoms with Crippen LogP contribution in [0.4, 0.5) is 5.95 Å². The Hall–Kier alpha value is -2.44. The van der Waals surface area contributed by atoms with Crippen LogP contribution in [0, 0.1) is 0 Å². The van der Waals surface area contributed by atoms with Gasteiger partial charge in [-0.25, -0.2) is 9.50 Å². The van der Waals surface area contributed by atoms with Crippen molar-refractivity contribution in [2.45, 2.75) is 6.42 Å². The summed E-state index contributed by atoms with van der Waals surface area (Å²) in [6, 6.07) is 5.76. The molecule has 0 bridgehead atoms. The van der Waals surface area contributed by atoms with E-state index in [1.54, 1.807) is 4.52 Å². The lowest BCUT2D eigenvalue weighted by molar-refractivity contribution is 0.884. The first kappa shape index (κ1) is 9.76. The summed E-state index contributed by atoms with van der Waals surface area (Å²) >= 11 is 0. The summed E-state index contributed by atoms with van der Waals surface area (Å²) in [6.45, 7) is 0.714.